The Morgan fingerprint density at radius 2 is 1.41 bits per heavy atom. The Kier molecular flexibility index (Phi) is 4.86. The fourth-order valence-corrected chi connectivity index (χ4v) is 12.0. The Bertz CT molecular complexity index is 868. The highest BCUT2D eigenvalue weighted by Crippen LogP contribution is 2.89. The third kappa shape index (κ3) is 2.60. The molecule has 0 aromatic rings. The van der Waals surface area contributed by atoms with Crippen molar-refractivity contribution in [3.63, 3.8) is 0 Å². The molecule has 34 heavy (non-hydrogen) atoms. The molecule has 1 heterocycles. The van der Waals surface area contributed by atoms with Gasteiger partial charge in [0.05, 0.1) is 30.0 Å². The standard InChI is InChI=1S/C30H50O4/c1-17(19-14-23(33)26(4,5)34-19)24-18(31)15-28(7)21-9-8-20-25(2,3)22(32)10-11-29(20)16-30(21,29)13-12-27(24,28)6/h17-24,31-33H,8-16H2,1-7H3/t17-,18+,19-,20+,21+,22+,23+,24+,27-,28+,29-,30+/m1/s1. The van der Waals surface area contributed by atoms with Gasteiger partial charge in [0.25, 0.3) is 0 Å². The molecule has 12 atom stereocenters. The van der Waals surface area contributed by atoms with Gasteiger partial charge in [-0.3, -0.25) is 0 Å². The zero-order valence-corrected chi connectivity index (χ0v) is 22.7. The van der Waals surface area contributed by atoms with E-state index in [0.29, 0.717) is 29.1 Å². The molecule has 1 saturated heterocycles. The van der Waals surface area contributed by atoms with E-state index in [0.717, 1.165) is 12.8 Å². The maximum absolute atomic E-state index is 11.7. The third-order valence-electron chi connectivity index (χ3n) is 14.0. The highest BCUT2D eigenvalue weighted by atomic mass is 16.5. The molecule has 0 radical (unpaired) electrons. The van der Waals surface area contributed by atoms with Gasteiger partial charge in [0.1, 0.15) is 0 Å². The maximum Gasteiger partial charge on any atom is 0.0889 e. The predicted octanol–water partition coefficient (Wildman–Crippen LogP) is 5.32. The molecule has 0 bridgehead atoms. The second-order valence-corrected chi connectivity index (χ2v) is 15.5. The quantitative estimate of drug-likeness (QED) is 0.506. The van der Waals surface area contributed by atoms with Crippen LogP contribution in [-0.4, -0.2) is 45.3 Å². The van der Waals surface area contributed by atoms with Gasteiger partial charge in [-0.25, -0.2) is 0 Å². The van der Waals surface area contributed by atoms with Gasteiger partial charge in [-0.15, -0.1) is 0 Å². The lowest BCUT2D eigenvalue weighted by atomic mass is 9.41. The molecule has 5 saturated carbocycles. The van der Waals surface area contributed by atoms with E-state index in [-0.39, 0.29) is 46.4 Å². The highest BCUT2D eigenvalue weighted by molar-refractivity contribution is 5.31. The molecule has 5 aliphatic carbocycles. The minimum Gasteiger partial charge on any atom is -0.393 e. The Balaban J connectivity index is 1.32. The lowest BCUT2D eigenvalue weighted by molar-refractivity contribution is -0.166. The number of ether oxygens (including phenoxy) is 1. The minimum atomic E-state index is -0.500. The van der Waals surface area contributed by atoms with Crippen LogP contribution in [0.2, 0.25) is 0 Å². The number of hydrogen-bond donors (Lipinski definition) is 3. The monoisotopic (exact) mass is 474 g/mol. The lowest BCUT2D eigenvalue weighted by Crippen LogP contribution is -2.58. The number of rotatable bonds is 2. The van der Waals surface area contributed by atoms with Crippen molar-refractivity contribution in [2.45, 2.75) is 136 Å². The second kappa shape index (κ2) is 6.83. The zero-order valence-electron chi connectivity index (χ0n) is 22.7. The molecule has 4 nitrogen and oxygen atoms in total. The molecule has 0 unspecified atom stereocenters. The van der Waals surface area contributed by atoms with Crippen LogP contribution in [-0.2, 0) is 4.74 Å². The van der Waals surface area contributed by atoms with Gasteiger partial charge in [-0.05, 0) is 116 Å². The summed E-state index contributed by atoms with van der Waals surface area (Å²) in [6, 6.07) is 0. The summed E-state index contributed by atoms with van der Waals surface area (Å²) in [5.74, 6) is 1.78. The summed E-state index contributed by atoms with van der Waals surface area (Å²) in [4.78, 5) is 0. The van der Waals surface area contributed by atoms with E-state index in [2.05, 4.69) is 34.6 Å². The molecule has 6 rings (SSSR count). The summed E-state index contributed by atoms with van der Waals surface area (Å²) in [6.45, 7) is 16.0. The predicted molar refractivity (Wildman–Crippen MR) is 133 cm³/mol. The van der Waals surface area contributed by atoms with E-state index in [1.807, 2.05) is 13.8 Å². The van der Waals surface area contributed by atoms with Crippen LogP contribution >= 0.6 is 0 Å². The zero-order chi connectivity index (χ0) is 24.7. The highest BCUT2D eigenvalue weighted by Gasteiger charge is 2.82. The molecule has 3 N–H and O–H groups in total. The number of hydrogen-bond acceptors (Lipinski definition) is 4. The van der Waals surface area contributed by atoms with Crippen LogP contribution in [0.5, 0.6) is 0 Å². The Morgan fingerprint density at radius 3 is 2.06 bits per heavy atom. The van der Waals surface area contributed by atoms with Gasteiger partial charge in [0, 0.05) is 6.42 Å². The van der Waals surface area contributed by atoms with Crippen molar-refractivity contribution in [3.8, 4) is 0 Å². The normalized spacial score (nSPS) is 60.0. The van der Waals surface area contributed by atoms with Gasteiger partial charge in [-0.2, -0.15) is 0 Å². The van der Waals surface area contributed by atoms with Gasteiger partial charge in [-0.1, -0.05) is 34.6 Å². The first-order valence-electron chi connectivity index (χ1n) is 14.4. The summed E-state index contributed by atoms with van der Waals surface area (Å²) >= 11 is 0. The van der Waals surface area contributed by atoms with Crippen LogP contribution in [0.3, 0.4) is 0 Å². The van der Waals surface area contributed by atoms with Crippen molar-refractivity contribution in [3.05, 3.63) is 0 Å². The van der Waals surface area contributed by atoms with Crippen molar-refractivity contribution in [1.82, 2.24) is 0 Å². The van der Waals surface area contributed by atoms with Crippen molar-refractivity contribution < 1.29 is 20.1 Å². The summed E-state index contributed by atoms with van der Waals surface area (Å²) in [5, 5.41) is 33.1. The molecule has 4 heteroatoms. The fourth-order valence-electron chi connectivity index (χ4n) is 12.0. The van der Waals surface area contributed by atoms with Crippen molar-refractivity contribution in [2.24, 2.45) is 50.7 Å². The lowest BCUT2D eigenvalue weighted by Gasteiger charge is -2.63. The van der Waals surface area contributed by atoms with E-state index in [4.69, 9.17) is 4.74 Å². The first-order valence-corrected chi connectivity index (χ1v) is 14.4. The number of aliphatic hydroxyl groups excluding tert-OH is 3. The van der Waals surface area contributed by atoms with Crippen LogP contribution < -0.4 is 0 Å². The summed E-state index contributed by atoms with van der Waals surface area (Å²) in [5.41, 5.74) is 0.629. The molecule has 6 aliphatic rings. The smallest absolute Gasteiger partial charge is 0.0889 e. The first-order chi connectivity index (χ1) is 15.7. The molecule has 6 fully saturated rings. The van der Waals surface area contributed by atoms with Crippen LogP contribution in [0.25, 0.3) is 0 Å². The molecule has 0 aromatic carbocycles. The fraction of sp³-hybridized carbons (Fsp3) is 1.00. The van der Waals surface area contributed by atoms with Gasteiger partial charge >= 0.3 is 0 Å². The average molecular weight is 475 g/mol. The molecular weight excluding hydrogens is 424 g/mol. The Labute approximate surface area is 207 Å². The first kappa shape index (κ1) is 24.2. The Hall–Kier alpha value is -0.160. The topological polar surface area (TPSA) is 69.9 Å². The maximum atomic E-state index is 11.7. The van der Waals surface area contributed by atoms with Gasteiger partial charge in [0.15, 0.2) is 0 Å². The van der Waals surface area contributed by atoms with E-state index in [1.54, 1.807) is 0 Å². The van der Waals surface area contributed by atoms with Crippen LogP contribution in [0.1, 0.15) is 106 Å². The largest absolute Gasteiger partial charge is 0.393 e. The van der Waals surface area contributed by atoms with Gasteiger partial charge < -0.3 is 20.1 Å². The average Bonchev–Trinajstić information content (AvgIpc) is 3.25. The summed E-state index contributed by atoms with van der Waals surface area (Å²) < 4.78 is 6.39. The van der Waals surface area contributed by atoms with E-state index in [1.165, 1.54) is 38.5 Å². The van der Waals surface area contributed by atoms with Crippen LogP contribution in [0.15, 0.2) is 0 Å². The summed E-state index contributed by atoms with van der Waals surface area (Å²) in [7, 11) is 0. The van der Waals surface area contributed by atoms with E-state index >= 15 is 0 Å². The number of fused-ring (bicyclic) bond motifs is 2. The summed E-state index contributed by atoms with van der Waals surface area (Å²) in [6.07, 6.45) is 9.25. The van der Waals surface area contributed by atoms with Crippen LogP contribution in [0, 0.1) is 50.7 Å². The second-order valence-electron chi connectivity index (χ2n) is 15.5. The molecule has 2 spiro atoms. The molecule has 0 amide bonds. The van der Waals surface area contributed by atoms with Crippen LogP contribution in [0.4, 0.5) is 0 Å². The van der Waals surface area contributed by atoms with Crippen molar-refractivity contribution in [1.29, 1.82) is 0 Å². The molecular formula is C30H50O4. The van der Waals surface area contributed by atoms with E-state index < -0.39 is 11.7 Å². The SMILES string of the molecule is C[C@@H]([C@H]1[C@@H](O)C[C@@]2(C)[C@@H]3CC[C@H]4C(C)(C)[C@@H](O)CC[C@@]45C[C@@]35CC[C@]12C)[C@H]1C[C@H](O)C(C)(C)O1. The Morgan fingerprint density at radius 1 is 0.765 bits per heavy atom. The number of aliphatic hydroxyl groups is 3. The van der Waals surface area contributed by atoms with Gasteiger partial charge in [0.2, 0.25) is 0 Å². The molecule has 1 aliphatic heterocycles. The minimum absolute atomic E-state index is 0.0170. The van der Waals surface area contributed by atoms with Crippen molar-refractivity contribution in [2.75, 3.05) is 0 Å². The van der Waals surface area contributed by atoms with E-state index in [9.17, 15) is 15.3 Å². The van der Waals surface area contributed by atoms with Crippen molar-refractivity contribution >= 4 is 0 Å². The third-order valence-corrected chi connectivity index (χ3v) is 14.0. The molecule has 194 valence electrons. The molecule has 0 aromatic heterocycles.